The third kappa shape index (κ3) is 8.06. The molecular weight excluding hydrogens is 475 g/mol. The number of piperidine rings is 1. The van der Waals surface area contributed by atoms with E-state index < -0.39 is 0 Å². The average Bonchev–Trinajstić information content (AvgIpc) is 2.74. The second-order valence-electron chi connectivity index (χ2n) is 8.53. The van der Waals surface area contributed by atoms with Gasteiger partial charge >= 0.3 is 0 Å². The highest BCUT2D eigenvalue weighted by molar-refractivity contribution is 14.0. The van der Waals surface area contributed by atoms with Crippen molar-refractivity contribution in [3.63, 3.8) is 0 Å². The minimum absolute atomic E-state index is 0. The van der Waals surface area contributed by atoms with Crippen molar-refractivity contribution in [3.05, 3.63) is 35.4 Å². The zero-order chi connectivity index (χ0) is 19.8. The van der Waals surface area contributed by atoms with Gasteiger partial charge in [0.2, 0.25) is 0 Å². The fraction of sp³-hybridized carbons (Fsp3) is 0.696. The second kappa shape index (κ2) is 12.7. The average molecular weight is 514 g/mol. The van der Waals surface area contributed by atoms with Crippen LogP contribution in [0.25, 0.3) is 0 Å². The number of aliphatic hydroxyl groups is 1. The molecule has 0 spiro atoms. The molecule has 1 aliphatic carbocycles. The van der Waals surface area contributed by atoms with Gasteiger partial charge in [-0.25, -0.2) is 0 Å². The van der Waals surface area contributed by atoms with Crippen molar-refractivity contribution in [2.45, 2.75) is 77.1 Å². The van der Waals surface area contributed by atoms with E-state index in [0.29, 0.717) is 6.04 Å². The number of rotatable bonds is 6. The molecule has 2 unspecified atom stereocenters. The van der Waals surface area contributed by atoms with E-state index in [2.05, 4.69) is 51.7 Å². The van der Waals surface area contributed by atoms with Crippen LogP contribution in [0.5, 0.6) is 0 Å². The van der Waals surface area contributed by atoms with Crippen LogP contribution < -0.4 is 10.6 Å². The number of halogens is 1. The van der Waals surface area contributed by atoms with Crippen molar-refractivity contribution in [2.24, 2.45) is 10.9 Å². The van der Waals surface area contributed by atoms with E-state index in [9.17, 15) is 5.11 Å². The summed E-state index contributed by atoms with van der Waals surface area (Å²) in [7, 11) is 1.86. The highest BCUT2D eigenvalue weighted by Gasteiger charge is 2.21. The number of hydrogen-bond donors (Lipinski definition) is 3. The highest BCUT2D eigenvalue weighted by Crippen LogP contribution is 2.26. The normalized spacial score (nSPS) is 24.0. The Morgan fingerprint density at radius 1 is 1.10 bits per heavy atom. The lowest BCUT2D eigenvalue weighted by atomic mass is 9.84. The van der Waals surface area contributed by atoms with Crippen LogP contribution in [0.15, 0.2) is 29.3 Å². The fourth-order valence-corrected chi connectivity index (χ4v) is 4.46. The Hall–Kier alpha value is -0.860. The van der Waals surface area contributed by atoms with Crippen LogP contribution in [-0.4, -0.2) is 48.2 Å². The van der Waals surface area contributed by atoms with Crippen LogP contribution >= 0.6 is 24.0 Å². The van der Waals surface area contributed by atoms with E-state index in [1.54, 1.807) is 0 Å². The van der Waals surface area contributed by atoms with E-state index in [4.69, 9.17) is 0 Å². The third-order valence-corrected chi connectivity index (χ3v) is 6.37. The van der Waals surface area contributed by atoms with Gasteiger partial charge in [-0.05, 0) is 42.7 Å². The SMILES string of the molecule is CCC1CCCC(NC(=NC)NCc2ccc(CN3CCC(O)CC3)cc2)C1.I. The molecule has 29 heavy (non-hydrogen) atoms. The predicted molar refractivity (Wildman–Crippen MR) is 132 cm³/mol. The Labute approximate surface area is 193 Å². The van der Waals surface area contributed by atoms with Gasteiger partial charge in [-0.3, -0.25) is 9.89 Å². The Morgan fingerprint density at radius 3 is 2.45 bits per heavy atom. The van der Waals surface area contributed by atoms with Gasteiger partial charge in [0.15, 0.2) is 5.96 Å². The molecule has 164 valence electrons. The number of nitrogens with one attached hydrogen (secondary N) is 2. The molecule has 1 heterocycles. The number of hydrogen-bond acceptors (Lipinski definition) is 3. The predicted octanol–water partition coefficient (Wildman–Crippen LogP) is 3.90. The Bertz CT molecular complexity index is 614. The van der Waals surface area contributed by atoms with Crippen LogP contribution in [-0.2, 0) is 13.1 Å². The Balaban J connectivity index is 0.00000300. The van der Waals surface area contributed by atoms with Gasteiger partial charge in [-0.1, -0.05) is 50.5 Å². The van der Waals surface area contributed by atoms with Crippen molar-refractivity contribution in [1.82, 2.24) is 15.5 Å². The number of aliphatic imine (C=N–C) groups is 1. The molecule has 1 saturated heterocycles. The van der Waals surface area contributed by atoms with Crippen molar-refractivity contribution in [1.29, 1.82) is 0 Å². The van der Waals surface area contributed by atoms with E-state index >= 15 is 0 Å². The summed E-state index contributed by atoms with van der Waals surface area (Å²) in [6.45, 7) is 6.06. The molecule has 0 aromatic heterocycles. The lowest BCUT2D eigenvalue weighted by Gasteiger charge is -2.30. The summed E-state index contributed by atoms with van der Waals surface area (Å²) < 4.78 is 0. The molecule has 0 bridgehead atoms. The summed E-state index contributed by atoms with van der Waals surface area (Å²) >= 11 is 0. The summed E-state index contributed by atoms with van der Waals surface area (Å²) in [5.41, 5.74) is 2.62. The summed E-state index contributed by atoms with van der Waals surface area (Å²) in [6.07, 6.45) is 8.19. The number of guanidine groups is 1. The van der Waals surface area contributed by atoms with Crippen molar-refractivity contribution in [2.75, 3.05) is 20.1 Å². The minimum atomic E-state index is -0.103. The lowest BCUT2D eigenvalue weighted by Crippen LogP contribution is -2.45. The topological polar surface area (TPSA) is 59.9 Å². The Morgan fingerprint density at radius 2 is 1.79 bits per heavy atom. The first-order chi connectivity index (χ1) is 13.7. The molecule has 0 amide bonds. The first-order valence-electron chi connectivity index (χ1n) is 11.1. The van der Waals surface area contributed by atoms with E-state index in [0.717, 1.165) is 50.9 Å². The van der Waals surface area contributed by atoms with Gasteiger partial charge in [-0.15, -0.1) is 24.0 Å². The van der Waals surface area contributed by atoms with Gasteiger partial charge in [0, 0.05) is 39.3 Å². The molecule has 0 radical (unpaired) electrons. The maximum Gasteiger partial charge on any atom is 0.191 e. The fourth-order valence-electron chi connectivity index (χ4n) is 4.46. The molecule has 2 aliphatic rings. The quantitative estimate of drug-likeness (QED) is 0.306. The van der Waals surface area contributed by atoms with Gasteiger partial charge in [-0.2, -0.15) is 0 Å². The number of benzene rings is 1. The molecule has 3 rings (SSSR count). The number of nitrogens with zero attached hydrogens (tertiary/aromatic N) is 2. The molecule has 5 nitrogen and oxygen atoms in total. The minimum Gasteiger partial charge on any atom is -0.393 e. The molecule has 1 saturated carbocycles. The molecule has 1 aliphatic heterocycles. The molecule has 1 aromatic rings. The monoisotopic (exact) mass is 514 g/mol. The van der Waals surface area contributed by atoms with Crippen molar-refractivity contribution >= 4 is 29.9 Å². The molecular formula is C23H39IN4O. The molecule has 6 heteroatoms. The summed E-state index contributed by atoms with van der Waals surface area (Å²) in [5.74, 6) is 1.78. The van der Waals surface area contributed by atoms with E-state index in [1.807, 2.05) is 7.05 Å². The highest BCUT2D eigenvalue weighted by atomic mass is 127. The van der Waals surface area contributed by atoms with Crippen molar-refractivity contribution in [3.8, 4) is 0 Å². The lowest BCUT2D eigenvalue weighted by molar-refractivity contribution is 0.0792. The van der Waals surface area contributed by atoms with Crippen LogP contribution in [0.2, 0.25) is 0 Å². The van der Waals surface area contributed by atoms with Gasteiger partial charge in [0.05, 0.1) is 6.10 Å². The van der Waals surface area contributed by atoms with Crippen molar-refractivity contribution < 1.29 is 5.11 Å². The molecule has 1 aromatic carbocycles. The zero-order valence-electron chi connectivity index (χ0n) is 18.1. The first kappa shape index (κ1) is 24.4. The van der Waals surface area contributed by atoms with Gasteiger partial charge in [0.25, 0.3) is 0 Å². The Kier molecular flexibility index (Phi) is 10.7. The van der Waals surface area contributed by atoms with Crippen LogP contribution in [0.3, 0.4) is 0 Å². The van der Waals surface area contributed by atoms with E-state index in [-0.39, 0.29) is 30.1 Å². The van der Waals surface area contributed by atoms with Crippen LogP contribution in [0.1, 0.15) is 63.0 Å². The summed E-state index contributed by atoms with van der Waals surface area (Å²) in [6, 6.07) is 9.43. The summed E-state index contributed by atoms with van der Waals surface area (Å²) in [4.78, 5) is 6.85. The second-order valence-corrected chi connectivity index (χ2v) is 8.53. The van der Waals surface area contributed by atoms with Gasteiger partial charge in [0.1, 0.15) is 0 Å². The number of aliphatic hydroxyl groups excluding tert-OH is 1. The van der Waals surface area contributed by atoms with Crippen LogP contribution in [0, 0.1) is 5.92 Å². The maximum absolute atomic E-state index is 9.63. The largest absolute Gasteiger partial charge is 0.393 e. The van der Waals surface area contributed by atoms with E-state index in [1.165, 1.54) is 43.2 Å². The van der Waals surface area contributed by atoms with Crippen LogP contribution in [0.4, 0.5) is 0 Å². The molecule has 2 atom stereocenters. The smallest absolute Gasteiger partial charge is 0.191 e. The summed E-state index contributed by atoms with van der Waals surface area (Å²) in [5, 5.41) is 16.7. The number of likely N-dealkylation sites (tertiary alicyclic amines) is 1. The molecule has 2 fully saturated rings. The standard InChI is InChI=1S/C23H38N4O.HI/c1-3-18-5-4-6-21(15-18)26-23(24-2)25-16-19-7-9-20(10-8-19)17-27-13-11-22(28)12-14-27;/h7-10,18,21-22,28H,3-6,11-17H2,1-2H3,(H2,24,25,26);1H. The zero-order valence-corrected chi connectivity index (χ0v) is 20.4. The van der Waals surface area contributed by atoms with Gasteiger partial charge < -0.3 is 15.7 Å². The molecule has 3 N–H and O–H groups in total. The third-order valence-electron chi connectivity index (χ3n) is 6.37. The maximum atomic E-state index is 9.63. The first-order valence-corrected chi connectivity index (χ1v) is 11.1.